The summed E-state index contributed by atoms with van der Waals surface area (Å²) in [4.78, 5) is 0.349. The normalized spacial score (nSPS) is 18.3. The highest BCUT2D eigenvalue weighted by molar-refractivity contribution is 7.89. The van der Waals surface area contributed by atoms with Crippen LogP contribution in [0.3, 0.4) is 0 Å². The van der Waals surface area contributed by atoms with Crippen molar-refractivity contribution in [2.24, 2.45) is 5.73 Å². The monoisotopic (exact) mass is 296 g/mol. The minimum Gasteiger partial charge on any atom is -0.330 e. The molecule has 0 atom stereocenters. The molecule has 0 amide bonds. The van der Waals surface area contributed by atoms with E-state index in [9.17, 15) is 8.42 Å². The lowest BCUT2D eigenvalue weighted by Crippen LogP contribution is -2.43. The van der Waals surface area contributed by atoms with E-state index in [2.05, 4.69) is 4.72 Å². The molecule has 4 nitrogen and oxygen atoms in total. The summed E-state index contributed by atoms with van der Waals surface area (Å²) in [6.07, 6.45) is 5.83. The Balaban J connectivity index is 2.09. The van der Waals surface area contributed by atoms with Crippen molar-refractivity contribution in [1.82, 2.24) is 4.72 Å². The second kappa shape index (κ2) is 6.24. The maximum atomic E-state index is 12.4. The molecule has 112 valence electrons. The fraction of sp³-hybridized carbons (Fsp3) is 0.600. The molecule has 0 unspecified atom stereocenters. The van der Waals surface area contributed by atoms with Crippen molar-refractivity contribution in [3.05, 3.63) is 29.8 Å². The fourth-order valence-electron chi connectivity index (χ4n) is 2.78. The SMILES string of the molecule is CC1(NS(=O)(=O)c2ccc(CCCN)cc2)CCCC1. The lowest BCUT2D eigenvalue weighted by molar-refractivity contribution is 0.427. The molecule has 0 heterocycles. The van der Waals surface area contributed by atoms with Crippen molar-refractivity contribution in [3.63, 3.8) is 0 Å². The fourth-order valence-corrected chi connectivity index (χ4v) is 4.25. The zero-order chi connectivity index (χ0) is 14.6. The Kier molecular flexibility index (Phi) is 4.83. The number of benzene rings is 1. The minimum atomic E-state index is -3.41. The van der Waals surface area contributed by atoms with Gasteiger partial charge in [0.05, 0.1) is 4.90 Å². The van der Waals surface area contributed by atoms with Crippen LogP contribution in [0.2, 0.25) is 0 Å². The molecular weight excluding hydrogens is 272 g/mol. The van der Waals surface area contributed by atoms with E-state index in [-0.39, 0.29) is 5.54 Å². The highest BCUT2D eigenvalue weighted by Crippen LogP contribution is 2.30. The number of hydrogen-bond acceptors (Lipinski definition) is 3. The van der Waals surface area contributed by atoms with Crippen LogP contribution in [0, 0.1) is 0 Å². The first-order valence-electron chi connectivity index (χ1n) is 7.28. The van der Waals surface area contributed by atoms with E-state index in [0.29, 0.717) is 11.4 Å². The van der Waals surface area contributed by atoms with Gasteiger partial charge in [-0.3, -0.25) is 0 Å². The van der Waals surface area contributed by atoms with Gasteiger partial charge in [0.2, 0.25) is 10.0 Å². The van der Waals surface area contributed by atoms with Gasteiger partial charge in [0.15, 0.2) is 0 Å². The molecule has 1 saturated carbocycles. The molecule has 5 heteroatoms. The second-order valence-electron chi connectivity index (χ2n) is 5.91. The summed E-state index contributed by atoms with van der Waals surface area (Å²) in [6, 6.07) is 7.13. The molecular formula is C15H24N2O2S. The van der Waals surface area contributed by atoms with Gasteiger partial charge in [-0.25, -0.2) is 13.1 Å². The van der Waals surface area contributed by atoms with Crippen LogP contribution in [-0.2, 0) is 16.4 Å². The number of rotatable bonds is 6. The van der Waals surface area contributed by atoms with E-state index in [1.165, 1.54) is 0 Å². The predicted molar refractivity (Wildman–Crippen MR) is 81.0 cm³/mol. The molecule has 0 aliphatic heterocycles. The quantitative estimate of drug-likeness (QED) is 0.845. The Morgan fingerprint density at radius 3 is 2.35 bits per heavy atom. The van der Waals surface area contributed by atoms with Gasteiger partial charge in [-0.15, -0.1) is 0 Å². The summed E-state index contributed by atoms with van der Waals surface area (Å²) in [5.74, 6) is 0. The van der Waals surface area contributed by atoms with Crippen LogP contribution in [-0.4, -0.2) is 20.5 Å². The van der Waals surface area contributed by atoms with E-state index >= 15 is 0 Å². The third-order valence-electron chi connectivity index (χ3n) is 3.99. The van der Waals surface area contributed by atoms with Gasteiger partial charge < -0.3 is 5.73 Å². The first-order valence-corrected chi connectivity index (χ1v) is 8.77. The number of nitrogens with two attached hydrogens (primary N) is 1. The highest BCUT2D eigenvalue weighted by Gasteiger charge is 2.33. The summed E-state index contributed by atoms with van der Waals surface area (Å²) in [5.41, 5.74) is 6.32. The van der Waals surface area contributed by atoms with Crippen molar-refractivity contribution in [1.29, 1.82) is 0 Å². The molecule has 1 aromatic rings. The summed E-state index contributed by atoms with van der Waals surface area (Å²) in [5, 5.41) is 0. The first kappa shape index (κ1) is 15.5. The third-order valence-corrected chi connectivity index (χ3v) is 5.65. The largest absolute Gasteiger partial charge is 0.330 e. The van der Waals surface area contributed by atoms with Crippen LogP contribution in [0.4, 0.5) is 0 Å². The maximum absolute atomic E-state index is 12.4. The topological polar surface area (TPSA) is 72.2 Å². The Labute approximate surface area is 121 Å². The number of hydrogen-bond donors (Lipinski definition) is 2. The minimum absolute atomic E-state index is 0.281. The zero-order valence-electron chi connectivity index (χ0n) is 12.1. The molecule has 1 aliphatic rings. The summed E-state index contributed by atoms with van der Waals surface area (Å²) < 4.78 is 27.6. The van der Waals surface area contributed by atoms with Gasteiger partial charge in [0.25, 0.3) is 0 Å². The van der Waals surface area contributed by atoms with Gasteiger partial charge in [-0.1, -0.05) is 25.0 Å². The maximum Gasteiger partial charge on any atom is 0.241 e. The Morgan fingerprint density at radius 1 is 1.20 bits per heavy atom. The number of sulfonamides is 1. The molecule has 3 N–H and O–H groups in total. The molecule has 0 spiro atoms. The number of nitrogens with one attached hydrogen (secondary N) is 1. The molecule has 0 saturated heterocycles. The summed E-state index contributed by atoms with van der Waals surface area (Å²) >= 11 is 0. The summed E-state index contributed by atoms with van der Waals surface area (Å²) in [6.45, 7) is 2.65. The van der Waals surface area contributed by atoms with Crippen molar-refractivity contribution < 1.29 is 8.42 Å². The van der Waals surface area contributed by atoms with Crippen molar-refractivity contribution in [2.45, 2.75) is 55.9 Å². The van der Waals surface area contributed by atoms with Crippen LogP contribution in [0.15, 0.2) is 29.2 Å². The average Bonchev–Trinajstić information content (AvgIpc) is 2.82. The van der Waals surface area contributed by atoms with Crippen LogP contribution >= 0.6 is 0 Å². The van der Waals surface area contributed by atoms with E-state index < -0.39 is 10.0 Å². The van der Waals surface area contributed by atoms with Gasteiger partial charge in [-0.2, -0.15) is 0 Å². The van der Waals surface area contributed by atoms with Crippen molar-refractivity contribution in [3.8, 4) is 0 Å². The Bertz CT molecular complexity index is 531. The second-order valence-corrected chi connectivity index (χ2v) is 7.59. The molecule has 0 bridgehead atoms. The average molecular weight is 296 g/mol. The predicted octanol–water partition coefficient (Wildman–Crippen LogP) is 2.19. The molecule has 0 radical (unpaired) electrons. The van der Waals surface area contributed by atoms with Crippen molar-refractivity contribution in [2.75, 3.05) is 6.54 Å². The molecule has 1 aromatic carbocycles. The van der Waals surface area contributed by atoms with Crippen LogP contribution < -0.4 is 10.5 Å². The van der Waals surface area contributed by atoms with Crippen molar-refractivity contribution >= 4 is 10.0 Å². The smallest absolute Gasteiger partial charge is 0.241 e. The molecule has 0 aromatic heterocycles. The van der Waals surface area contributed by atoms with Crippen LogP contribution in [0.25, 0.3) is 0 Å². The van der Waals surface area contributed by atoms with E-state index in [1.54, 1.807) is 12.1 Å². The molecule has 1 fully saturated rings. The molecule has 20 heavy (non-hydrogen) atoms. The van der Waals surface area contributed by atoms with E-state index in [0.717, 1.165) is 44.1 Å². The molecule has 1 aliphatic carbocycles. The lowest BCUT2D eigenvalue weighted by atomic mass is 10.0. The van der Waals surface area contributed by atoms with E-state index in [1.807, 2.05) is 19.1 Å². The van der Waals surface area contributed by atoms with Gasteiger partial charge in [0, 0.05) is 5.54 Å². The first-order chi connectivity index (χ1) is 9.45. The zero-order valence-corrected chi connectivity index (χ0v) is 12.9. The van der Waals surface area contributed by atoms with Gasteiger partial charge in [-0.05, 0) is 56.8 Å². The Morgan fingerprint density at radius 2 is 1.80 bits per heavy atom. The third kappa shape index (κ3) is 3.81. The van der Waals surface area contributed by atoms with Gasteiger partial charge >= 0.3 is 0 Å². The standard InChI is InChI=1S/C15H24N2O2S/c1-15(10-2-3-11-15)17-20(18,19)14-8-6-13(7-9-14)5-4-12-16/h6-9,17H,2-5,10-12,16H2,1H3. The highest BCUT2D eigenvalue weighted by atomic mass is 32.2. The summed E-state index contributed by atoms with van der Waals surface area (Å²) in [7, 11) is -3.41. The van der Waals surface area contributed by atoms with Crippen LogP contribution in [0.1, 0.15) is 44.6 Å². The Hall–Kier alpha value is -0.910. The number of aryl methyl sites for hydroxylation is 1. The van der Waals surface area contributed by atoms with Crippen LogP contribution in [0.5, 0.6) is 0 Å². The lowest BCUT2D eigenvalue weighted by Gasteiger charge is -2.24. The van der Waals surface area contributed by atoms with E-state index in [4.69, 9.17) is 5.73 Å². The van der Waals surface area contributed by atoms with Gasteiger partial charge in [0.1, 0.15) is 0 Å². The molecule has 2 rings (SSSR count).